The number of para-hydroxylation sites is 1. The van der Waals surface area contributed by atoms with Crippen molar-refractivity contribution in [3.8, 4) is 5.75 Å². The number of nitrogens with zero attached hydrogens (tertiary/aromatic N) is 1. The molecule has 0 aliphatic rings. The molecule has 0 saturated carbocycles. The number of nitrogens with one attached hydrogen (secondary N) is 1. The van der Waals surface area contributed by atoms with Crippen LogP contribution < -0.4 is 15.9 Å². The molecule has 0 aliphatic heterocycles. The summed E-state index contributed by atoms with van der Waals surface area (Å²) in [6.45, 7) is 0.382. The van der Waals surface area contributed by atoms with Crippen molar-refractivity contribution >= 4 is 35.1 Å². The maximum Gasteiger partial charge on any atom is 0.184 e. The number of ether oxygens (including phenoxy) is 1. The van der Waals surface area contributed by atoms with E-state index >= 15 is 0 Å². The molecule has 0 atom stereocenters. The molecule has 21 heavy (non-hydrogen) atoms. The van der Waals surface area contributed by atoms with Gasteiger partial charge in [0.2, 0.25) is 0 Å². The zero-order valence-electron chi connectivity index (χ0n) is 11.1. The van der Waals surface area contributed by atoms with E-state index in [2.05, 4.69) is 22.7 Å². The summed E-state index contributed by atoms with van der Waals surface area (Å²) >= 11 is 10.8. The van der Waals surface area contributed by atoms with Crippen LogP contribution in [0.1, 0.15) is 11.1 Å². The van der Waals surface area contributed by atoms with Gasteiger partial charge >= 0.3 is 0 Å². The van der Waals surface area contributed by atoms with Gasteiger partial charge in [-0.1, -0.05) is 41.9 Å². The molecule has 0 fully saturated rings. The third-order valence-corrected chi connectivity index (χ3v) is 3.10. The van der Waals surface area contributed by atoms with Crippen molar-refractivity contribution in [1.29, 1.82) is 0 Å². The van der Waals surface area contributed by atoms with Crippen molar-refractivity contribution in [2.45, 2.75) is 6.61 Å². The van der Waals surface area contributed by atoms with Crippen LogP contribution in [0.15, 0.2) is 53.6 Å². The largest absolute Gasteiger partial charge is 0.488 e. The van der Waals surface area contributed by atoms with Crippen LogP contribution in [0.2, 0.25) is 5.02 Å². The van der Waals surface area contributed by atoms with E-state index in [0.717, 1.165) is 11.1 Å². The van der Waals surface area contributed by atoms with Gasteiger partial charge in [-0.15, -0.1) is 0 Å². The van der Waals surface area contributed by atoms with E-state index < -0.39 is 0 Å². The minimum atomic E-state index is 0.112. The molecule has 0 saturated heterocycles. The van der Waals surface area contributed by atoms with Gasteiger partial charge in [0.05, 0.1) is 6.21 Å². The van der Waals surface area contributed by atoms with Gasteiger partial charge in [-0.2, -0.15) is 5.10 Å². The average molecular weight is 320 g/mol. The second-order valence-corrected chi connectivity index (χ2v) is 5.00. The van der Waals surface area contributed by atoms with E-state index in [0.29, 0.717) is 17.4 Å². The highest BCUT2D eigenvalue weighted by Gasteiger charge is 2.03. The number of hydrazone groups is 1. The predicted octanol–water partition coefficient (Wildman–Crippen LogP) is 3.09. The van der Waals surface area contributed by atoms with E-state index in [9.17, 15) is 0 Å². The molecule has 4 nitrogen and oxygen atoms in total. The Kier molecular flexibility index (Phi) is 5.54. The van der Waals surface area contributed by atoms with Crippen LogP contribution in [0.3, 0.4) is 0 Å². The van der Waals surface area contributed by atoms with Crippen LogP contribution in [0.25, 0.3) is 0 Å². The Morgan fingerprint density at radius 1 is 1.24 bits per heavy atom. The first kappa shape index (κ1) is 15.3. The van der Waals surface area contributed by atoms with Gasteiger partial charge in [0, 0.05) is 16.1 Å². The average Bonchev–Trinajstić information content (AvgIpc) is 2.47. The van der Waals surface area contributed by atoms with Crippen molar-refractivity contribution in [2.24, 2.45) is 10.8 Å². The van der Waals surface area contributed by atoms with Crippen LogP contribution >= 0.6 is 23.8 Å². The number of hydrogen-bond donors (Lipinski definition) is 2. The molecule has 0 spiro atoms. The zero-order chi connectivity index (χ0) is 15.1. The van der Waals surface area contributed by atoms with E-state index in [1.165, 1.54) is 0 Å². The first-order valence-corrected chi connectivity index (χ1v) is 6.99. The van der Waals surface area contributed by atoms with Crippen LogP contribution in [0, 0.1) is 0 Å². The molecule has 0 unspecified atom stereocenters. The fourth-order valence-corrected chi connectivity index (χ4v) is 1.90. The number of hydrogen-bond acceptors (Lipinski definition) is 3. The Hall–Kier alpha value is -2.11. The third kappa shape index (κ3) is 4.73. The third-order valence-electron chi connectivity index (χ3n) is 2.64. The molecule has 108 valence electrons. The molecule has 2 rings (SSSR count). The summed E-state index contributed by atoms with van der Waals surface area (Å²) in [5.41, 5.74) is 9.55. The van der Waals surface area contributed by atoms with Crippen molar-refractivity contribution in [3.05, 3.63) is 64.7 Å². The summed E-state index contributed by atoms with van der Waals surface area (Å²) in [6, 6.07) is 15.1. The van der Waals surface area contributed by atoms with Crippen molar-refractivity contribution < 1.29 is 4.74 Å². The normalized spacial score (nSPS) is 10.5. The van der Waals surface area contributed by atoms with Gasteiger partial charge in [0.25, 0.3) is 0 Å². The molecular formula is C15H14ClN3OS. The summed E-state index contributed by atoms with van der Waals surface area (Å²) < 4.78 is 5.79. The number of nitrogens with two attached hydrogens (primary N) is 1. The molecule has 0 bridgehead atoms. The number of benzene rings is 2. The minimum Gasteiger partial charge on any atom is -0.488 e. The topological polar surface area (TPSA) is 59.6 Å². The Labute approximate surface area is 133 Å². The van der Waals surface area contributed by atoms with Crippen LogP contribution in [0.4, 0.5) is 0 Å². The smallest absolute Gasteiger partial charge is 0.184 e. The number of thiocarbonyl (C=S) groups is 1. The van der Waals surface area contributed by atoms with E-state index in [-0.39, 0.29) is 5.11 Å². The fraction of sp³-hybridized carbons (Fsp3) is 0.0667. The van der Waals surface area contributed by atoms with Crippen LogP contribution in [-0.4, -0.2) is 11.3 Å². The molecule has 0 heterocycles. The van der Waals surface area contributed by atoms with Gasteiger partial charge in [-0.05, 0) is 30.4 Å². The van der Waals surface area contributed by atoms with E-state index in [1.807, 2.05) is 48.5 Å². The molecule has 0 radical (unpaired) electrons. The Bertz CT molecular complexity index is 661. The zero-order valence-corrected chi connectivity index (χ0v) is 12.7. The summed E-state index contributed by atoms with van der Waals surface area (Å²) in [6.07, 6.45) is 1.60. The number of halogens is 1. The molecule has 2 aromatic carbocycles. The lowest BCUT2D eigenvalue weighted by atomic mass is 10.2. The lowest BCUT2D eigenvalue weighted by molar-refractivity contribution is 0.306. The summed E-state index contributed by atoms with van der Waals surface area (Å²) in [7, 11) is 0. The van der Waals surface area contributed by atoms with Crippen LogP contribution in [0.5, 0.6) is 5.75 Å². The Balaban J connectivity index is 2.08. The van der Waals surface area contributed by atoms with Gasteiger partial charge in [-0.25, -0.2) is 0 Å². The first-order valence-electron chi connectivity index (χ1n) is 6.20. The molecule has 3 N–H and O–H groups in total. The highest BCUT2D eigenvalue weighted by molar-refractivity contribution is 7.80. The first-order chi connectivity index (χ1) is 10.2. The van der Waals surface area contributed by atoms with E-state index in [4.69, 9.17) is 22.1 Å². The summed E-state index contributed by atoms with van der Waals surface area (Å²) in [5.74, 6) is 0.700. The molecule has 0 amide bonds. The minimum absolute atomic E-state index is 0.112. The van der Waals surface area contributed by atoms with Crippen molar-refractivity contribution in [2.75, 3.05) is 0 Å². The lowest BCUT2D eigenvalue weighted by Gasteiger charge is -2.10. The van der Waals surface area contributed by atoms with Gasteiger partial charge < -0.3 is 10.5 Å². The Morgan fingerprint density at radius 3 is 2.71 bits per heavy atom. The summed E-state index contributed by atoms with van der Waals surface area (Å²) in [4.78, 5) is 0. The Morgan fingerprint density at radius 2 is 1.95 bits per heavy atom. The van der Waals surface area contributed by atoms with Gasteiger partial charge in [-0.3, -0.25) is 5.43 Å². The van der Waals surface area contributed by atoms with Gasteiger partial charge in [0.1, 0.15) is 12.4 Å². The second kappa shape index (κ2) is 7.61. The second-order valence-electron chi connectivity index (χ2n) is 4.15. The molecule has 2 aromatic rings. The predicted molar refractivity (Wildman–Crippen MR) is 89.7 cm³/mol. The molecule has 0 aliphatic carbocycles. The van der Waals surface area contributed by atoms with Crippen LogP contribution in [-0.2, 0) is 6.61 Å². The molecule has 0 aromatic heterocycles. The monoisotopic (exact) mass is 319 g/mol. The molecule has 6 heteroatoms. The highest BCUT2D eigenvalue weighted by Crippen LogP contribution is 2.20. The highest BCUT2D eigenvalue weighted by atomic mass is 35.5. The lowest BCUT2D eigenvalue weighted by Crippen LogP contribution is -2.24. The fourth-order valence-electron chi connectivity index (χ4n) is 1.66. The van der Waals surface area contributed by atoms with E-state index in [1.54, 1.807) is 6.21 Å². The van der Waals surface area contributed by atoms with Crippen molar-refractivity contribution in [3.63, 3.8) is 0 Å². The number of rotatable bonds is 5. The summed E-state index contributed by atoms with van der Waals surface area (Å²) in [5, 5.41) is 4.72. The molecular weight excluding hydrogens is 306 g/mol. The SMILES string of the molecule is NC(=S)NN=Cc1ccccc1OCc1ccccc1Cl. The maximum atomic E-state index is 6.10. The van der Waals surface area contributed by atoms with Gasteiger partial charge in [0.15, 0.2) is 5.11 Å². The standard InChI is InChI=1S/C15H14ClN3OS/c16-13-7-3-1-6-12(13)10-20-14-8-4-2-5-11(14)9-18-19-15(17)21/h1-9H,10H2,(H3,17,19,21). The quantitative estimate of drug-likeness (QED) is 0.505. The maximum absolute atomic E-state index is 6.10. The van der Waals surface area contributed by atoms with Crippen molar-refractivity contribution in [1.82, 2.24) is 5.43 Å².